The van der Waals surface area contributed by atoms with Crippen molar-refractivity contribution < 1.29 is 14.6 Å². The third-order valence-electron chi connectivity index (χ3n) is 3.23. The molecule has 0 aromatic carbocycles. The lowest BCUT2D eigenvalue weighted by molar-refractivity contribution is -0.136. The van der Waals surface area contributed by atoms with Crippen LogP contribution in [0.1, 0.15) is 19.8 Å². The first-order valence-corrected chi connectivity index (χ1v) is 6.29. The highest BCUT2D eigenvalue weighted by molar-refractivity contribution is 5.68. The zero-order valence-corrected chi connectivity index (χ0v) is 10.8. The maximum Gasteiger partial charge on any atom is 0.317 e. The Bertz CT molecular complexity index is 236. The summed E-state index contributed by atoms with van der Waals surface area (Å²) < 4.78 is 5.27. The lowest BCUT2D eigenvalue weighted by Crippen LogP contribution is -2.43. The van der Waals surface area contributed by atoms with Gasteiger partial charge in [0.2, 0.25) is 0 Å². The fraction of sp³-hybridized carbons (Fsp3) is 0.917. The summed E-state index contributed by atoms with van der Waals surface area (Å²) in [7, 11) is 1.74. The number of carboxylic acid groups (broad SMARTS) is 1. The quantitative estimate of drug-likeness (QED) is 0.679. The molecule has 0 amide bonds. The summed E-state index contributed by atoms with van der Waals surface area (Å²) in [6, 6.07) is 0. The molecule has 0 bridgehead atoms. The SMILES string of the molecule is COC(C)CN1CCCC(CNCC(=O)O)C1. The van der Waals surface area contributed by atoms with Gasteiger partial charge in [-0.3, -0.25) is 4.79 Å². The average Bonchev–Trinajstić information content (AvgIpc) is 2.29. The van der Waals surface area contributed by atoms with E-state index in [0.717, 1.165) is 26.2 Å². The van der Waals surface area contributed by atoms with E-state index in [1.807, 2.05) is 0 Å². The van der Waals surface area contributed by atoms with E-state index >= 15 is 0 Å². The molecule has 0 spiro atoms. The van der Waals surface area contributed by atoms with Gasteiger partial charge < -0.3 is 20.1 Å². The fourth-order valence-corrected chi connectivity index (χ4v) is 2.31. The number of piperidine rings is 1. The summed E-state index contributed by atoms with van der Waals surface area (Å²) in [5.41, 5.74) is 0. The number of methoxy groups -OCH3 is 1. The Morgan fingerprint density at radius 3 is 3.06 bits per heavy atom. The van der Waals surface area contributed by atoms with Crippen molar-refractivity contribution in [2.45, 2.75) is 25.9 Å². The first kappa shape index (κ1) is 14.4. The summed E-state index contributed by atoms with van der Waals surface area (Å²) in [6.45, 7) is 6.07. The Morgan fingerprint density at radius 2 is 2.41 bits per heavy atom. The van der Waals surface area contributed by atoms with Gasteiger partial charge in [-0.2, -0.15) is 0 Å². The number of likely N-dealkylation sites (tertiary alicyclic amines) is 1. The molecule has 2 N–H and O–H groups in total. The Morgan fingerprint density at radius 1 is 1.65 bits per heavy atom. The molecule has 1 heterocycles. The van der Waals surface area contributed by atoms with Crippen LogP contribution in [0.3, 0.4) is 0 Å². The van der Waals surface area contributed by atoms with E-state index in [9.17, 15) is 4.79 Å². The fourth-order valence-electron chi connectivity index (χ4n) is 2.31. The van der Waals surface area contributed by atoms with Crippen LogP contribution in [0.15, 0.2) is 0 Å². The molecule has 17 heavy (non-hydrogen) atoms. The van der Waals surface area contributed by atoms with Crippen LogP contribution in [0, 0.1) is 5.92 Å². The third-order valence-corrected chi connectivity index (χ3v) is 3.23. The molecule has 0 aromatic rings. The highest BCUT2D eigenvalue weighted by atomic mass is 16.5. The number of hydrogen-bond donors (Lipinski definition) is 2. The van der Waals surface area contributed by atoms with Crippen LogP contribution in [0.5, 0.6) is 0 Å². The Hall–Kier alpha value is -0.650. The molecular weight excluding hydrogens is 220 g/mol. The molecule has 1 aliphatic heterocycles. The largest absolute Gasteiger partial charge is 0.480 e. The lowest BCUT2D eigenvalue weighted by Gasteiger charge is -2.34. The van der Waals surface area contributed by atoms with E-state index in [2.05, 4.69) is 17.1 Å². The van der Waals surface area contributed by atoms with Crippen LogP contribution in [0.2, 0.25) is 0 Å². The van der Waals surface area contributed by atoms with Crippen LogP contribution < -0.4 is 5.32 Å². The van der Waals surface area contributed by atoms with Crippen LogP contribution in [-0.4, -0.2) is 61.9 Å². The summed E-state index contributed by atoms with van der Waals surface area (Å²) in [5, 5.41) is 11.5. The second-order valence-electron chi connectivity index (χ2n) is 4.84. The van der Waals surface area contributed by atoms with Crippen molar-refractivity contribution in [3.8, 4) is 0 Å². The molecular formula is C12H24N2O3. The minimum atomic E-state index is -0.786. The number of nitrogens with one attached hydrogen (secondary N) is 1. The van der Waals surface area contributed by atoms with Gasteiger partial charge in [-0.15, -0.1) is 0 Å². The van der Waals surface area contributed by atoms with Crippen molar-refractivity contribution in [3.05, 3.63) is 0 Å². The standard InChI is InChI=1S/C12H24N2O3/c1-10(17-2)8-14-5-3-4-11(9-14)6-13-7-12(15)16/h10-11,13H,3-9H2,1-2H3,(H,15,16). The number of carbonyl (C=O) groups is 1. The van der Waals surface area contributed by atoms with Crippen LogP contribution >= 0.6 is 0 Å². The van der Waals surface area contributed by atoms with Gasteiger partial charge in [0, 0.05) is 20.2 Å². The molecule has 0 radical (unpaired) electrons. The molecule has 1 aliphatic rings. The first-order valence-electron chi connectivity index (χ1n) is 6.29. The van der Waals surface area contributed by atoms with E-state index in [4.69, 9.17) is 9.84 Å². The summed E-state index contributed by atoms with van der Waals surface area (Å²) in [5.74, 6) is -0.224. The molecule has 0 saturated carbocycles. The number of nitrogens with zero attached hydrogens (tertiary/aromatic N) is 1. The van der Waals surface area contributed by atoms with Gasteiger partial charge in [0.25, 0.3) is 0 Å². The van der Waals surface area contributed by atoms with Crippen LogP contribution in [0.25, 0.3) is 0 Å². The monoisotopic (exact) mass is 244 g/mol. The minimum Gasteiger partial charge on any atom is -0.480 e. The zero-order chi connectivity index (χ0) is 12.7. The zero-order valence-electron chi connectivity index (χ0n) is 10.8. The molecule has 100 valence electrons. The second-order valence-corrected chi connectivity index (χ2v) is 4.84. The first-order chi connectivity index (χ1) is 8.11. The summed E-state index contributed by atoms with van der Waals surface area (Å²) in [6.07, 6.45) is 2.64. The van der Waals surface area contributed by atoms with E-state index in [0.29, 0.717) is 5.92 Å². The van der Waals surface area contributed by atoms with Gasteiger partial charge in [-0.05, 0) is 38.8 Å². The number of carboxylic acids is 1. The normalized spacial score (nSPS) is 23.5. The molecule has 0 aliphatic carbocycles. The number of aliphatic carboxylic acids is 1. The van der Waals surface area contributed by atoms with Gasteiger partial charge in [0.05, 0.1) is 12.6 Å². The summed E-state index contributed by atoms with van der Waals surface area (Å²) >= 11 is 0. The number of ether oxygens (including phenoxy) is 1. The van der Waals surface area contributed by atoms with Crippen molar-refractivity contribution in [2.75, 3.05) is 39.8 Å². The number of hydrogen-bond acceptors (Lipinski definition) is 4. The van der Waals surface area contributed by atoms with Crippen LogP contribution in [-0.2, 0) is 9.53 Å². The van der Waals surface area contributed by atoms with Gasteiger partial charge in [-0.1, -0.05) is 0 Å². The van der Waals surface area contributed by atoms with E-state index in [1.54, 1.807) is 7.11 Å². The lowest BCUT2D eigenvalue weighted by atomic mass is 9.98. The Kier molecular flexibility index (Phi) is 6.47. The predicted octanol–water partition coefficient (Wildman–Crippen LogP) is 0.408. The highest BCUT2D eigenvalue weighted by Crippen LogP contribution is 2.16. The predicted molar refractivity (Wildman–Crippen MR) is 66.1 cm³/mol. The van der Waals surface area contributed by atoms with E-state index < -0.39 is 5.97 Å². The Balaban J connectivity index is 2.21. The Labute approximate surface area is 103 Å². The van der Waals surface area contributed by atoms with Crippen molar-refractivity contribution >= 4 is 5.97 Å². The van der Waals surface area contributed by atoms with Gasteiger partial charge in [-0.25, -0.2) is 0 Å². The van der Waals surface area contributed by atoms with Gasteiger partial charge >= 0.3 is 5.97 Å². The molecule has 1 saturated heterocycles. The van der Waals surface area contributed by atoms with Gasteiger partial charge in [0.15, 0.2) is 0 Å². The number of rotatable bonds is 7. The van der Waals surface area contributed by atoms with Crippen molar-refractivity contribution in [2.24, 2.45) is 5.92 Å². The van der Waals surface area contributed by atoms with Crippen molar-refractivity contribution in [3.63, 3.8) is 0 Å². The van der Waals surface area contributed by atoms with Crippen LogP contribution in [0.4, 0.5) is 0 Å². The van der Waals surface area contributed by atoms with Crippen molar-refractivity contribution in [1.29, 1.82) is 0 Å². The second kappa shape index (κ2) is 7.63. The maximum atomic E-state index is 10.4. The molecule has 2 unspecified atom stereocenters. The van der Waals surface area contributed by atoms with Gasteiger partial charge in [0.1, 0.15) is 0 Å². The average molecular weight is 244 g/mol. The molecule has 1 fully saturated rings. The maximum absolute atomic E-state index is 10.4. The smallest absolute Gasteiger partial charge is 0.317 e. The summed E-state index contributed by atoms with van der Waals surface area (Å²) in [4.78, 5) is 12.8. The van der Waals surface area contributed by atoms with E-state index in [1.165, 1.54) is 12.8 Å². The molecule has 5 nitrogen and oxygen atoms in total. The van der Waals surface area contributed by atoms with Crippen molar-refractivity contribution in [1.82, 2.24) is 10.2 Å². The topological polar surface area (TPSA) is 61.8 Å². The van der Waals surface area contributed by atoms with E-state index in [-0.39, 0.29) is 12.6 Å². The third kappa shape index (κ3) is 6.00. The highest BCUT2D eigenvalue weighted by Gasteiger charge is 2.20. The molecule has 5 heteroatoms. The minimum absolute atomic E-state index is 0.0605. The molecule has 1 rings (SSSR count). The molecule has 2 atom stereocenters. The molecule has 0 aromatic heterocycles.